The fourth-order valence-corrected chi connectivity index (χ4v) is 3.59. The third-order valence-electron chi connectivity index (χ3n) is 5.45. The van der Waals surface area contributed by atoms with Crippen molar-refractivity contribution in [2.45, 2.75) is 0 Å². The van der Waals surface area contributed by atoms with Crippen LogP contribution in [-0.2, 0) is 0 Å². The van der Waals surface area contributed by atoms with Crippen molar-refractivity contribution in [3.05, 3.63) is 126 Å². The lowest BCUT2D eigenvalue weighted by atomic mass is 9.94. The minimum atomic E-state index is -0.208. The molecule has 1 aliphatic carbocycles. The van der Waals surface area contributed by atoms with Crippen LogP contribution in [0.25, 0.3) is 6.08 Å². The van der Waals surface area contributed by atoms with Gasteiger partial charge in [0.1, 0.15) is 5.71 Å². The van der Waals surface area contributed by atoms with E-state index in [1.807, 2.05) is 78.9 Å². The molecule has 174 valence electrons. The number of hydrogen-bond donors (Lipinski definition) is 2. The molecule has 4 aromatic rings. The minimum Gasteiger partial charge on any atom is -0.322 e. The molecule has 4 aromatic carbocycles. The van der Waals surface area contributed by atoms with E-state index in [1.54, 1.807) is 36.4 Å². The monoisotopic (exact) mass is 471 g/mol. The summed E-state index contributed by atoms with van der Waals surface area (Å²) < 4.78 is 0. The zero-order valence-corrected chi connectivity index (χ0v) is 19.1. The summed E-state index contributed by atoms with van der Waals surface area (Å²) in [5, 5.41) is 15.5. The predicted octanol–water partition coefficient (Wildman–Crippen LogP) is 7.03. The lowest BCUT2D eigenvalue weighted by molar-refractivity contribution is 0.102. The molecule has 0 saturated carbocycles. The Bertz CT molecular complexity index is 1490. The molecular weight excluding hydrogens is 450 g/mol. The molecule has 0 spiro atoms. The largest absolute Gasteiger partial charge is 0.322 e. The number of nitrogens with one attached hydrogen (secondary N) is 2. The second kappa shape index (κ2) is 10.4. The zero-order valence-electron chi connectivity index (χ0n) is 19.1. The maximum absolute atomic E-state index is 12.9. The number of carbonyl (C=O) groups is 2. The molecule has 7 heteroatoms. The first kappa shape index (κ1) is 22.6. The first-order valence-corrected chi connectivity index (χ1v) is 11.3. The van der Waals surface area contributed by atoms with E-state index in [9.17, 15) is 9.59 Å². The minimum absolute atomic E-state index is 0.200. The highest BCUT2D eigenvalue weighted by molar-refractivity contribution is 6.52. The van der Waals surface area contributed by atoms with Crippen LogP contribution in [0.1, 0.15) is 26.3 Å². The maximum Gasteiger partial charge on any atom is 0.255 e. The SMILES string of the molecule is O=C(Nc1ccc2c(c1)C=C/C(=N/Nc1ccc(/N=N/c3ccccc3)cc1)C2=O)c1ccccc1. The van der Waals surface area contributed by atoms with Crippen LogP contribution in [0.3, 0.4) is 0 Å². The maximum atomic E-state index is 12.9. The number of hydrazone groups is 1. The van der Waals surface area contributed by atoms with E-state index in [1.165, 1.54) is 0 Å². The van der Waals surface area contributed by atoms with E-state index >= 15 is 0 Å². The standard InChI is InChI=1S/C29H21N5O2/c35-28-26-17-16-25(30-29(36)20-7-3-1-4-8-20)19-21(26)11-18-27(28)34-33-24-14-12-23(13-15-24)32-31-22-9-5-2-6-10-22/h1-19,33H,(H,30,36)/b32-31+,34-27-. The molecule has 36 heavy (non-hydrogen) atoms. The molecule has 0 aliphatic heterocycles. The average molecular weight is 472 g/mol. The molecule has 5 rings (SSSR count). The number of rotatable bonds is 6. The van der Waals surface area contributed by atoms with Gasteiger partial charge in [0.2, 0.25) is 5.78 Å². The molecule has 0 bridgehead atoms. The number of amides is 1. The second-order valence-electron chi connectivity index (χ2n) is 7.98. The molecule has 0 radical (unpaired) electrons. The van der Waals surface area contributed by atoms with Crippen LogP contribution in [0.15, 0.2) is 125 Å². The normalized spacial score (nSPS) is 13.6. The van der Waals surface area contributed by atoms with Gasteiger partial charge in [0.05, 0.1) is 17.1 Å². The number of fused-ring (bicyclic) bond motifs is 1. The lowest BCUT2D eigenvalue weighted by Gasteiger charge is -2.13. The van der Waals surface area contributed by atoms with E-state index in [-0.39, 0.29) is 17.4 Å². The molecule has 2 N–H and O–H groups in total. The summed E-state index contributed by atoms with van der Waals surface area (Å²) in [4.78, 5) is 25.3. The van der Waals surface area contributed by atoms with Gasteiger partial charge in [-0.2, -0.15) is 15.3 Å². The fourth-order valence-electron chi connectivity index (χ4n) is 3.59. The lowest BCUT2D eigenvalue weighted by Crippen LogP contribution is -2.19. The highest BCUT2D eigenvalue weighted by Crippen LogP contribution is 2.24. The van der Waals surface area contributed by atoms with Crippen LogP contribution in [0, 0.1) is 0 Å². The number of ketones is 1. The van der Waals surface area contributed by atoms with Crippen LogP contribution >= 0.6 is 0 Å². The Labute approximate surface area is 207 Å². The number of carbonyl (C=O) groups excluding carboxylic acids is 2. The molecule has 1 amide bonds. The molecule has 0 heterocycles. The molecule has 7 nitrogen and oxygen atoms in total. The zero-order chi connectivity index (χ0) is 24.7. The number of nitrogens with zero attached hydrogens (tertiary/aromatic N) is 3. The Balaban J connectivity index is 1.24. The number of anilines is 2. The van der Waals surface area contributed by atoms with Crippen molar-refractivity contribution in [3.8, 4) is 0 Å². The molecule has 1 aliphatic rings. The molecule has 0 atom stereocenters. The molecule has 0 saturated heterocycles. The Kier molecular flexibility index (Phi) is 6.53. The van der Waals surface area contributed by atoms with Gasteiger partial charge in [-0.3, -0.25) is 15.0 Å². The van der Waals surface area contributed by atoms with Gasteiger partial charge in [-0.25, -0.2) is 0 Å². The number of azo groups is 1. The Morgan fingerprint density at radius 1 is 0.667 bits per heavy atom. The van der Waals surface area contributed by atoms with Gasteiger partial charge < -0.3 is 5.32 Å². The van der Waals surface area contributed by atoms with Crippen LogP contribution in [0.2, 0.25) is 0 Å². The van der Waals surface area contributed by atoms with Gasteiger partial charge in [0.15, 0.2) is 0 Å². The van der Waals surface area contributed by atoms with Crippen molar-refractivity contribution in [1.82, 2.24) is 0 Å². The number of benzene rings is 4. The quantitative estimate of drug-likeness (QED) is 0.233. The van der Waals surface area contributed by atoms with Crippen LogP contribution in [0.5, 0.6) is 0 Å². The van der Waals surface area contributed by atoms with Crippen LogP contribution in [0.4, 0.5) is 22.7 Å². The van der Waals surface area contributed by atoms with E-state index in [2.05, 4.69) is 26.1 Å². The van der Waals surface area contributed by atoms with Crippen molar-refractivity contribution in [3.63, 3.8) is 0 Å². The van der Waals surface area contributed by atoms with Gasteiger partial charge in [-0.15, -0.1) is 0 Å². The van der Waals surface area contributed by atoms with Crippen molar-refractivity contribution >= 4 is 46.2 Å². The van der Waals surface area contributed by atoms with E-state index in [4.69, 9.17) is 0 Å². The molecule has 0 aromatic heterocycles. The Morgan fingerprint density at radius 3 is 2.03 bits per heavy atom. The highest BCUT2D eigenvalue weighted by Gasteiger charge is 2.20. The highest BCUT2D eigenvalue weighted by atomic mass is 16.1. The van der Waals surface area contributed by atoms with Crippen LogP contribution in [-0.4, -0.2) is 17.4 Å². The Hall–Kier alpha value is -5.17. The second-order valence-corrected chi connectivity index (χ2v) is 7.98. The summed E-state index contributed by atoms with van der Waals surface area (Å²) in [6.07, 6.45) is 3.46. The van der Waals surface area contributed by atoms with E-state index in [0.29, 0.717) is 28.2 Å². The number of hydrogen-bond acceptors (Lipinski definition) is 6. The van der Waals surface area contributed by atoms with Crippen LogP contribution < -0.4 is 10.7 Å². The van der Waals surface area contributed by atoms with Crippen molar-refractivity contribution in [2.75, 3.05) is 10.7 Å². The summed E-state index contributed by atoms with van der Waals surface area (Å²) in [6.45, 7) is 0. The van der Waals surface area contributed by atoms with Gasteiger partial charge in [-0.1, -0.05) is 42.5 Å². The van der Waals surface area contributed by atoms with Crippen molar-refractivity contribution in [1.29, 1.82) is 0 Å². The van der Waals surface area contributed by atoms with E-state index in [0.717, 1.165) is 11.3 Å². The van der Waals surface area contributed by atoms with E-state index < -0.39 is 0 Å². The summed E-state index contributed by atoms with van der Waals surface area (Å²) in [7, 11) is 0. The number of Topliss-reactive ketones (excluding diaryl/α,β-unsaturated/α-hetero) is 1. The third kappa shape index (κ3) is 5.31. The van der Waals surface area contributed by atoms with Gasteiger partial charge in [0, 0.05) is 16.8 Å². The first-order chi connectivity index (χ1) is 17.7. The molecular formula is C29H21N5O2. The number of allylic oxidation sites excluding steroid dienone is 1. The predicted molar refractivity (Wildman–Crippen MR) is 142 cm³/mol. The van der Waals surface area contributed by atoms with Gasteiger partial charge in [0.25, 0.3) is 5.91 Å². The van der Waals surface area contributed by atoms with Gasteiger partial charge >= 0.3 is 0 Å². The molecule has 0 fully saturated rings. The third-order valence-corrected chi connectivity index (χ3v) is 5.45. The first-order valence-electron chi connectivity index (χ1n) is 11.3. The average Bonchev–Trinajstić information content (AvgIpc) is 2.93. The van der Waals surface area contributed by atoms with Crippen molar-refractivity contribution in [2.24, 2.45) is 15.3 Å². The molecule has 0 unspecified atom stereocenters. The summed E-state index contributed by atoms with van der Waals surface area (Å²) >= 11 is 0. The summed E-state index contributed by atoms with van der Waals surface area (Å²) in [5.74, 6) is -0.408. The fraction of sp³-hybridized carbons (Fsp3) is 0. The Morgan fingerprint density at radius 2 is 1.31 bits per heavy atom. The smallest absolute Gasteiger partial charge is 0.255 e. The summed E-state index contributed by atoms with van der Waals surface area (Å²) in [5.41, 5.74) is 7.82. The van der Waals surface area contributed by atoms with Crippen molar-refractivity contribution < 1.29 is 9.59 Å². The topological polar surface area (TPSA) is 95.3 Å². The van der Waals surface area contributed by atoms with Gasteiger partial charge in [-0.05, 0) is 78.4 Å². The summed E-state index contributed by atoms with van der Waals surface area (Å²) in [6, 6.07) is 30.9.